The van der Waals surface area contributed by atoms with Gasteiger partial charge in [-0.25, -0.2) is 8.42 Å². The zero-order valence-corrected chi connectivity index (χ0v) is 10.2. The number of aromatic nitrogens is 1. The molecule has 1 atom stereocenters. The lowest BCUT2D eigenvalue weighted by atomic mass is 10.1. The van der Waals surface area contributed by atoms with Gasteiger partial charge in [-0.05, 0) is 31.9 Å². The second-order valence-electron chi connectivity index (χ2n) is 4.15. The van der Waals surface area contributed by atoms with E-state index in [-0.39, 0.29) is 6.04 Å². The number of sulfonamides is 1. The van der Waals surface area contributed by atoms with Crippen molar-refractivity contribution in [1.82, 2.24) is 9.29 Å². The van der Waals surface area contributed by atoms with Crippen LogP contribution in [0.2, 0.25) is 0 Å². The Kier molecular flexibility index (Phi) is 3.25. The van der Waals surface area contributed by atoms with E-state index in [0.29, 0.717) is 11.4 Å². The summed E-state index contributed by atoms with van der Waals surface area (Å²) < 4.78 is 26.2. The smallest absolute Gasteiger partial charge is 0.244 e. The summed E-state index contributed by atoms with van der Waals surface area (Å²) in [6, 6.07) is 3.35. The van der Waals surface area contributed by atoms with E-state index >= 15 is 0 Å². The fourth-order valence-electron chi connectivity index (χ4n) is 2.06. The highest BCUT2D eigenvalue weighted by atomic mass is 32.2. The van der Waals surface area contributed by atoms with Gasteiger partial charge in [-0.1, -0.05) is 6.42 Å². The van der Waals surface area contributed by atoms with Gasteiger partial charge in [0, 0.05) is 25.0 Å². The molecule has 0 amide bonds. The molecule has 0 aliphatic carbocycles. The molecule has 0 bridgehead atoms. The first-order valence-corrected chi connectivity index (χ1v) is 6.98. The lowest BCUT2D eigenvalue weighted by Gasteiger charge is -2.32. The van der Waals surface area contributed by atoms with Gasteiger partial charge in [0.2, 0.25) is 10.0 Å². The number of hydrogen-bond acceptors (Lipinski definition) is 3. The molecule has 0 radical (unpaired) electrons. The lowest BCUT2D eigenvalue weighted by molar-refractivity contribution is 0.268. The highest BCUT2D eigenvalue weighted by molar-refractivity contribution is 7.89. The van der Waals surface area contributed by atoms with Crippen LogP contribution in [0.5, 0.6) is 0 Å². The first kappa shape index (κ1) is 11.5. The van der Waals surface area contributed by atoms with E-state index in [9.17, 15) is 8.42 Å². The fraction of sp³-hybridized carbons (Fsp3) is 0.545. The monoisotopic (exact) mass is 240 g/mol. The number of nitrogens with zero attached hydrogens (tertiary/aromatic N) is 2. The minimum absolute atomic E-state index is 0.0963. The van der Waals surface area contributed by atoms with Crippen LogP contribution < -0.4 is 0 Å². The van der Waals surface area contributed by atoms with Gasteiger partial charge in [0.05, 0.1) is 0 Å². The maximum Gasteiger partial charge on any atom is 0.244 e. The van der Waals surface area contributed by atoms with Gasteiger partial charge in [-0.2, -0.15) is 4.31 Å². The predicted molar refractivity (Wildman–Crippen MR) is 61.4 cm³/mol. The SMILES string of the molecule is CC1CCCCN1S(=O)(=O)c1cccnc1. The predicted octanol–water partition coefficient (Wildman–Crippen LogP) is 1.64. The Bertz CT molecular complexity index is 444. The van der Waals surface area contributed by atoms with Gasteiger partial charge in [0.25, 0.3) is 0 Å². The van der Waals surface area contributed by atoms with Gasteiger partial charge in [0.1, 0.15) is 4.90 Å². The molecule has 5 heteroatoms. The van der Waals surface area contributed by atoms with Crippen molar-refractivity contribution in [2.45, 2.75) is 37.1 Å². The van der Waals surface area contributed by atoms with Gasteiger partial charge in [-0.15, -0.1) is 0 Å². The highest BCUT2D eigenvalue weighted by Crippen LogP contribution is 2.24. The summed E-state index contributed by atoms with van der Waals surface area (Å²) in [5.41, 5.74) is 0. The van der Waals surface area contributed by atoms with Crippen molar-refractivity contribution in [1.29, 1.82) is 0 Å². The van der Waals surface area contributed by atoms with Crippen molar-refractivity contribution in [3.8, 4) is 0 Å². The van der Waals surface area contributed by atoms with Crippen LogP contribution in [-0.2, 0) is 10.0 Å². The second-order valence-corrected chi connectivity index (χ2v) is 6.04. The largest absolute Gasteiger partial charge is 0.263 e. The maximum absolute atomic E-state index is 12.3. The topological polar surface area (TPSA) is 50.3 Å². The van der Waals surface area contributed by atoms with Gasteiger partial charge < -0.3 is 0 Å². The molecule has 1 aliphatic rings. The molecule has 2 heterocycles. The average molecular weight is 240 g/mol. The second kappa shape index (κ2) is 4.51. The molecular formula is C11H16N2O2S. The third kappa shape index (κ3) is 2.10. The Hall–Kier alpha value is -0.940. The quantitative estimate of drug-likeness (QED) is 0.789. The van der Waals surface area contributed by atoms with Crippen molar-refractivity contribution < 1.29 is 8.42 Å². The van der Waals surface area contributed by atoms with Crippen LogP contribution >= 0.6 is 0 Å². The Morgan fingerprint density at radius 1 is 1.44 bits per heavy atom. The highest BCUT2D eigenvalue weighted by Gasteiger charge is 2.30. The standard InChI is InChI=1S/C11H16N2O2S/c1-10-5-2-3-8-13(10)16(14,15)11-6-4-7-12-9-11/h4,6-7,9-10H,2-3,5,8H2,1H3. The molecular weight excluding hydrogens is 224 g/mol. The van der Waals surface area contributed by atoms with Crippen molar-refractivity contribution in [2.75, 3.05) is 6.54 Å². The van der Waals surface area contributed by atoms with Crippen molar-refractivity contribution in [3.05, 3.63) is 24.5 Å². The summed E-state index contributed by atoms with van der Waals surface area (Å²) in [5, 5.41) is 0. The summed E-state index contributed by atoms with van der Waals surface area (Å²) in [5.74, 6) is 0. The van der Waals surface area contributed by atoms with Crippen molar-refractivity contribution in [2.24, 2.45) is 0 Å². The molecule has 0 N–H and O–H groups in total. The summed E-state index contributed by atoms with van der Waals surface area (Å²) in [4.78, 5) is 4.16. The van der Waals surface area contributed by atoms with E-state index in [1.807, 2.05) is 6.92 Å². The Morgan fingerprint density at radius 3 is 2.88 bits per heavy atom. The van der Waals surface area contributed by atoms with Crippen LogP contribution in [0, 0.1) is 0 Å². The third-order valence-corrected chi connectivity index (χ3v) is 4.98. The number of pyridine rings is 1. The van der Waals surface area contributed by atoms with Crippen LogP contribution in [-0.4, -0.2) is 30.3 Å². The molecule has 16 heavy (non-hydrogen) atoms. The first-order valence-electron chi connectivity index (χ1n) is 5.54. The van der Waals surface area contributed by atoms with Crippen LogP contribution in [0.4, 0.5) is 0 Å². The summed E-state index contributed by atoms with van der Waals surface area (Å²) >= 11 is 0. The van der Waals surface area contributed by atoms with Crippen LogP contribution in [0.3, 0.4) is 0 Å². The molecule has 0 aromatic carbocycles. The van der Waals surface area contributed by atoms with E-state index in [1.165, 1.54) is 6.20 Å². The van der Waals surface area contributed by atoms with Crippen molar-refractivity contribution >= 4 is 10.0 Å². The zero-order valence-electron chi connectivity index (χ0n) is 9.33. The van der Waals surface area contributed by atoms with E-state index in [2.05, 4.69) is 4.98 Å². The molecule has 1 unspecified atom stereocenters. The summed E-state index contributed by atoms with van der Waals surface area (Å²) in [6.07, 6.45) is 6.00. The lowest BCUT2D eigenvalue weighted by Crippen LogP contribution is -2.41. The van der Waals surface area contributed by atoms with E-state index in [1.54, 1.807) is 22.6 Å². The molecule has 4 nitrogen and oxygen atoms in total. The molecule has 1 aromatic heterocycles. The molecule has 1 aromatic rings. The first-order chi connectivity index (χ1) is 7.62. The Balaban J connectivity index is 2.32. The molecule has 1 fully saturated rings. The van der Waals surface area contributed by atoms with Crippen LogP contribution in [0.15, 0.2) is 29.4 Å². The minimum Gasteiger partial charge on any atom is -0.263 e. The number of rotatable bonds is 2. The molecule has 2 rings (SSSR count). The van der Waals surface area contributed by atoms with Gasteiger partial charge in [-0.3, -0.25) is 4.98 Å². The fourth-order valence-corrected chi connectivity index (χ4v) is 3.73. The summed E-state index contributed by atoms with van der Waals surface area (Å²) in [7, 11) is -3.34. The average Bonchev–Trinajstić information content (AvgIpc) is 2.30. The van der Waals surface area contributed by atoms with E-state index in [0.717, 1.165) is 19.3 Å². The maximum atomic E-state index is 12.3. The normalized spacial score (nSPS) is 23.2. The number of piperidine rings is 1. The Labute approximate surface area is 96.4 Å². The molecule has 88 valence electrons. The van der Waals surface area contributed by atoms with E-state index < -0.39 is 10.0 Å². The van der Waals surface area contributed by atoms with Gasteiger partial charge in [0.15, 0.2) is 0 Å². The van der Waals surface area contributed by atoms with Gasteiger partial charge >= 0.3 is 0 Å². The Morgan fingerprint density at radius 2 is 2.25 bits per heavy atom. The molecule has 1 aliphatic heterocycles. The third-order valence-electron chi connectivity index (χ3n) is 2.98. The van der Waals surface area contributed by atoms with E-state index in [4.69, 9.17) is 0 Å². The zero-order chi connectivity index (χ0) is 11.6. The number of hydrogen-bond donors (Lipinski definition) is 0. The van der Waals surface area contributed by atoms with Crippen molar-refractivity contribution in [3.63, 3.8) is 0 Å². The molecule has 0 spiro atoms. The molecule has 0 saturated carbocycles. The molecule has 1 saturated heterocycles. The van der Waals surface area contributed by atoms with Crippen LogP contribution in [0.25, 0.3) is 0 Å². The minimum atomic E-state index is -3.34. The summed E-state index contributed by atoms with van der Waals surface area (Å²) in [6.45, 7) is 2.59. The van der Waals surface area contributed by atoms with Crippen LogP contribution in [0.1, 0.15) is 26.2 Å².